The van der Waals surface area contributed by atoms with Crippen LogP contribution in [-0.2, 0) is 13.0 Å². The molecule has 0 radical (unpaired) electrons. The van der Waals surface area contributed by atoms with Crippen LogP contribution >= 0.6 is 0 Å². The Labute approximate surface area is 201 Å². The third-order valence-corrected chi connectivity index (χ3v) is 6.44. The second-order valence-corrected chi connectivity index (χ2v) is 8.91. The van der Waals surface area contributed by atoms with Gasteiger partial charge in [-0.25, -0.2) is 14.2 Å². The summed E-state index contributed by atoms with van der Waals surface area (Å²) in [6, 6.07) is 8.38. The number of benzene rings is 2. The van der Waals surface area contributed by atoms with Gasteiger partial charge < -0.3 is 25.0 Å². The molecule has 9 nitrogen and oxygen atoms in total. The number of phenols is 1. The molecule has 1 fully saturated rings. The summed E-state index contributed by atoms with van der Waals surface area (Å²) < 4.78 is 14.0. The van der Waals surface area contributed by atoms with Gasteiger partial charge in [0.25, 0.3) is 0 Å². The number of H-pyrrole nitrogens is 2. The van der Waals surface area contributed by atoms with Gasteiger partial charge in [-0.3, -0.25) is 5.10 Å². The number of hydrogen-bond donors (Lipinski definition) is 4. The molecule has 0 saturated carbocycles. The minimum atomic E-state index is -0.657. The van der Waals surface area contributed by atoms with Crippen molar-refractivity contribution in [1.29, 1.82) is 0 Å². The van der Waals surface area contributed by atoms with Gasteiger partial charge in [0.15, 0.2) is 17.4 Å². The van der Waals surface area contributed by atoms with E-state index in [1.807, 2.05) is 25.1 Å². The molecule has 1 saturated heterocycles. The number of hydrogen-bond acceptors (Lipinski definition) is 5. The Kier molecular flexibility index (Phi) is 5.89. The molecule has 2 aromatic carbocycles. The second-order valence-electron chi connectivity index (χ2n) is 8.91. The zero-order chi connectivity index (χ0) is 24.7. The fourth-order valence-corrected chi connectivity index (χ4v) is 4.56. The summed E-state index contributed by atoms with van der Waals surface area (Å²) in [7, 11) is 1.71. The maximum Gasteiger partial charge on any atom is 0.320 e. The van der Waals surface area contributed by atoms with Crippen molar-refractivity contribution < 1.29 is 19.4 Å². The number of nitrogens with zero attached hydrogens (tertiary/aromatic N) is 4. The number of carbonyl (C=O) groups is 1. The Morgan fingerprint density at radius 1 is 1.31 bits per heavy atom. The van der Waals surface area contributed by atoms with Gasteiger partial charge in [-0.2, -0.15) is 5.10 Å². The smallest absolute Gasteiger partial charge is 0.320 e. The lowest BCUT2D eigenvalue weighted by Gasteiger charge is -2.23. The Morgan fingerprint density at radius 3 is 2.89 bits per heavy atom. The highest BCUT2D eigenvalue weighted by molar-refractivity contribution is 5.94. The number of imidazole rings is 1. The van der Waals surface area contributed by atoms with Crippen LogP contribution in [0.3, 0.4) is 0 Å². The first-order chi connectivity index (χ1) is 16.8. The Bertz CT molecular complexity index is 1400. The second kappa shape index (κ2) is 9.03. The minimum absolute atomic E-state index is 0.138. The molecule has 0 bridgehead atoms. The Hall–Kier alpha value is -3.92. The van der Waals surface area contributed by atoms with Crippen molar-refractivity contribution in [3.63, 3.8) is 0 Å². The van der Waals surface area contributed by atoms with E-state index in [0.717, 1.165) is 27.6 Å². The quantitative estimate of drug-likeness (QED) is 0.349. The van der Waals surface area contributed by atoms with E-state index in [0.29, 0.717) is 49.7 Å². The van der Waals surface area contributed by atoms with Crippen molar-refractivity contribution in [3.8, 4) is 28.4 Å². The van der Waals surface area contributed by atoms with Gasteiger partial charge in [0.2, 0.25) is 0 Å². The number of rotatable bonds is 5. The predicted octanol–water partition coefficient (Wildman–Crippen LogP) is 3.65. The largest absolute Gasteiger partial charge is 0.505 e. The normalized spacial score (nSPS) is 15.8. The van der Waals surface area contributed by atoms with E-state index >= 15 is 0 Å². The van der Waals surface area contributed by atoms with Gasteiger partial charge in [-0.1, -0.05) is 13.0 Å². The highest BCUT2D eigenvalue weighted by Crippen LogP contribution is 2.33. The summed E-state index contributed by atoms with van der Waals surface area (Å²) >= 11 is 0. The van der Waals surface area contributed by atoms with Gasteiger partial charge in [0.1, 0.15) is 5.69 Å². The number of aromatic nitrogens is 4. The van der Waals surface area contributed by atoms with Gasteiger partial charge in [0, 0.05) is 31.7 Å². The summed E-state index contributed by atoms with van der Waals surface area (Å²) in [6.45, 7) is 3.18. The molecule has 3 heterocycles. The number of aryl methyl sites for hydroxylation is 1. The summed E-state index contributed by atoms with van der Waals surface area (Å²) in [5.41, 5.74) is 4.49. The number of aliphatic hydroxyl groups is 1. The summed E-state index contributed by atoms with van der Waals surface area (Å²) in [6.07, 6.45) is 2.54. The fourth-order valence-electron chi connectivity index (χ4n) is 4.56. The monoisotopic (exact) mass is 478 g/mol. The number of aliphatic hydroxyl groups excluding tert-OH is 1. The van der Waals surface area contributed by atoms with Crippen molar-refractivity contribution >= 4 is 16.9 Å². The molecule has 10 heteroatoms. The van der Waals surface area contributed by atoms with Crippen LogP contribution in [0.5, 0.6) is 5.75 Å². The van der Waals surface area contributed by atoms with Crippen LogP contribution in [-0.4, -0.2) is 72.5 Å². The number of halogens is 1. The molecule has 0 unspecified atom stereocenters. The van der Waals surface area contributed by atoms with Crippen LogP contribution in [0.1, 0.15) is 24.6 Å². The fraction of sp³-hybridized carbons (Fsp3) is 0.320. The molecule has 182 valence electrons. The van der Waals surface area contributed by atoms with E-state index in [4.69, 9.17) is 0 Å². The molecule has 2 aromatic heterocycles. The first kappa shape index (κ1) is 22.9. The maximum atomic E-state index is 14.0. The number of urea groups is 1. The molecular weight excluding hydrogens is 451 g/mol. The highest BCUT2D eigenvalue weighted by atomic mass is 19.1. The molecule has 1 aliphatic rings. The third kappa shape index (κ3) is 4.32. The summed E-state index contributed by atoms with van der Waals surface area (Å²) in [5, 5.41) is 27.7. The van der Waals surface area contributed by atoms with Crippen molar-refractivity contribution in [1.82, 2.24) is 30.0 Å². The zero-order valence-corrected chi connectivity index (χ0v) is 19.5. The van der Waals surface area contributed by atoms with Crippen LogP contribution < -0.4 is 0 Å². The third-order valence-electron chi connectivity index (χ3n) is 6.44. The number of aromatic amines is 2. The molecule has 1 atom stereocenters. The number of fused-ring (bicyclic) bond motifs is 1. The average Bonchev–Trinajstić information content (AvgIpc) is 3.59. The number of carbonyl (C=O) groups excluding carboxylic acids is 1. The molecule has 2 amide bonds. The SMILES string of the molecule is CCc1cc(O)c(F)cc1-c1ccc2c(-c3nc(CN(C)C(=O)N4CC[C@@H](O)C4)c[nH]3)n[nH]c2c1. The van der Waals surface area contributed by atoms with E-state index in [-0.39, 0.29) is 11.8 Å². The Balaban J connectivity index is 1.37. The van der Waals surface area contributed by atoms with E-state index < -0.39 is 11.9 Å². The van der Waals surface area contributed by atoms with Crippen LogP contribution in [0.4, 0.5) is 9.18 Å². The van der Waals surface area contributed by atoms with Crippen LogP contribution in [0.2, 0.25) is 0 Å². The predicted molar refractivity (Wildman–Crippen MR) is 129 cm³/mol. The number of phenolic OH excluding ortho intramolecular Hbond substituents is 1. The average molecular weight is 479 g/mol. The van der Waals surface area contributed by atoms with E-state index in [2.05, 4.69) is 20.2 Å². The lowest BCUT2D eigenvalue weighted by atomic mass is 9.96. The molecular formula is C25H27FN6O3. The van der Waals surface area contributed by atoms with Crippen LogP contribution in [0, 0.1) is 5.82 Å². The lowest BCUT2D eigenvalue weighted by Crippen LogP contribution is -2.39. The van der Waals surface area contributed by atoms with Gasteiger partial charge >= 0.3 is 6.03 Å². The number of amides is 2. The van der Waals surface area contributed by atoms with Crippen LogP contribution in [0.25, 0.3) is 33.5 Å². The van der Waals surface area contributed by atoms with E-state index in [1.54, 1.807) is 23.0 Å². The van der Waals surface area contributed by atoms with Crippen molar-refractivity contribution in [3.05, 3.63) is 53.6 Å². The van der Waals surface area contributed by atoms with Crippen LogP contribution in [0.15, 0.2) is 36.5 Å². The number of likely N-dealkylation sites (tertiary alicyclic amines) is 1. The number of β-amino-alcohol motifs (C(OH)–C–C–N with tert-alkyl or cyclic N) is 1. The summed E-state index contributed by atoms with van der Waals surface area (Å²) in [5.74, 6) is -0.439. The van der Waals surface area contributed by atoms with Gasteiger partial charge in [0.05, 0.1) is 23.9 Å². The molecule has 0 aliphatic carbocycles. The topological polar surface area (TPSA) is 121 Å². The molecule has 1 aliphatic heterocycles. The highest BCUT2D eigenvalue weighted by Gasteiger charge is 2.27. The maximum absolute atomic E-state index is 14.0. The first-order valence-corrected chi connectivity index (χ1v) is 11.6. The van der Waals surface area contributed by atoms with Crippen molar-refractivity contribution in [2.45, 2.75) is 32.4 Å². The molecule has 5 rings (SSSR count). The first-order valence-electron chi connectivity index (χ1n) is 11.6. The zero-order valence-electron chi connectivity index (χ0n) is 19.5. The Morgan fingerprint density at radius 2 is 2.14 bits per heavy atom. The number of nitrogens with one attached hydrogen (secondary N) is 2. The van der Waals surface area contributed by atoms with E-state index in [1.165, 1.54) is 12.1 Å². The minimum Gasteiger partial charge on any atom is -0.505 e. The van der Waals surface area contributed by atoms with Crippen molar-refractivity contribution in [2.75, 3.05) is 20.1 Å². The lowest BCUT2D eigenvalue weighted by molar-refractivity contribution is 0.151. The van der Waals surface area contributed by atoms with Gasteiger partial charge in [-0.05, 0) is 53.8 Å². The molecule has 35 heavy (non-hydrogen) atoms. The molecule has 4 N–H and O–H groups in total. The van der Waals surface area contributed by atoms with E-state index in [9.17, 15) is 19.4 Å². The molecule has 4 aromatic rings. The summed E-state index contributed by atoms with van der Waals surface area (Å²) in [4.78, 5) is 23.6. The standard InChI is InChI=1S/C25H27FN6O3/c1-3-14-9-22(34)20(26)10-19(14)15-4-5-18-21(8-15)29-30-23(18)24-27-11-16(28-24)12-31(2)25(35)32-7-6-17(33)13-32/h4-5,8-11,17,33-34H,3,6-7,12-13H2,1-2H3,(H,27,28)(H,29,30)/t17-/m1/s1. The number of aromatic hydroxyl groups is 1. The molecule has 0 spiro atoms. The van der Waals surface area contributed by atoms with Crippen molar-refractivity contribution in [2.24, 2.45) is 0 Å². The van der Waals surface area contributed by atoms with Gasteiger partial charge in [-0.15, -0.1) is 0 Å².